The lowest BCUT2D eigenvalue weighted by atomic mass is 10.1. The molecule has 3 rings (SSSR count). The molecule has 1 amide bonds. The van der Waals surface area contributed by atoms with Gasteiger partial charge in [-0.05, 0) is 29.8 Å². The SMILES string of the molecule is O=C(CSc1ccccc1)N(Cc1ccc2c(c1)OCCO2)CC(F)(F)F. The summed E-state index contributed by atoms with van der Waals surface area (Å²) in [5.41, 5.74) is 0.557. The van der Waals surface area contributed by atoms with Gasteiger partial charge in [-0.2, -0.15) is 13.2 Å². The van der Waals surface area contributed by atoms with Crippen LogP contribution in [0.4, 0.5) is 13.2 Å². The third-order valence-corrected chi connectivity index (χ3v) is 4.81. The molecule has 2 aromatic carbocycles. The number of nitrogens with zero attached hydrogens (tertiary/aromatic N) is 1. The molecule has 2 aromatic rings. The summed E-state index contributed by atoms with van der Waals surface area (Å²) in [4.78, 5) is 14.1. The molecule has 0 atom stereocenters. The first-order valence-electron chi connectivity index (χ1n) is 8.31. The minimum Gasteiger partial charge on any atom is -0.486 e. The van der Waals surface area contributed by atoms with Crippen LogP contribution in [0.1, 0.15) is 5.56 Å². The van der Waals surface area contributed by atoms with Crippen molar-refractivity contribution >= 4 is 17.7 Å². The number of fused-ring (bicyclic) bond motifs is 1. The van der Waals surface area contributed by atoms with Crippen LogP contribution >= 0.6 is 11.8 Å². The Kier molecular flexibility index (Phi) is 6.15. The largest absolute Gasteiger partial charge is 0.486 e. The van der Waals surface area contributed by atoms with Crippen molar-refractivity contribution in [1.29, 1.82) is 0 Å². The van der Waals surface area contributed by atoms with Crippen molar-refractivity contribution < 1.29 is 27.4 Å². The van der Waals surface area contributed by atoms with E-state index in [1.54, 1.807) is 18.2 Å². The zero-order chi connectivity index (χ0) is 19.3. The van der Waals surface area contributed by atoms with Crippen molar-refractivity contribution in [3.63, 3.8) is 0 Å². The predicted octanol–water partition coefficient (Wildman–Crippen LogP) is 4.14. The number of carbonyl (C=O) groups excluding carboxylic acids is 1. The van der Waals surface area contributed by atoms with Gasteiger partial charge in [0.1, 0.15) is 19.8 Å². The Morgan fingerprint density at radius 2 is 1.74 bits per heavy atom. The lowest BCUT2D eigenvalue weighted by Gasteiger charge is -2.25. The normalized spacial score (nSPS) is 13.3. The molecule has 1 aliphatic heterocycles. The number of hydrogen-bond donors (Lipinski definition) is 0. The number of halogens is 3. The molecule has 0 spiro atoms. The number of benzene rings is 2. The Labute approximate surface area is 159 Å². The monoisotopic (exact) mass is 397 g/mol. The number of alkyl halides is 3. The van der Waals surface area contributed by atoms with E-state index in [4.69, 9.17) is 9.47 Å². The molecule has 0 radical (unpaired) electrons. The molecular weight excluding hydrogens is 379 g/mol. The molecule has 8 heteroatoms. The number of rotatable bonds is 6. The molecule has 0 aromatic heterocycles. The smallest absolute Gasteiger partial charge is 0.406 e. The quantitative estimate of drug-likeness (QED) is 0.687. The van der Waals surface area contributed by atoms with Crippen molar-refractivity contribution in [3.05, 3.63) is 54.1 Å². The highest BCUT2D eigenvalue weighted by atomic mass is 32.2. The third kappa shape index (κ3) is 5.82. The van der Waals surface area contributed by atoms with Crippen LogP contribution in [0.2, 0.25) is 0 Å². The van der Waals surface area contributed by atoms with E-state index in [1.807, 2.05) is 30.3 Å². The number of amides is 1. The van der Waals surface area contributed by atoms with Crippen LogP contribution in [0.25, 0.3) is 0 Å². The molecule has 27 heavy (non-hydrogen) atoms. The van der Waals surface area contributed by atoms with Gasteiger partial charge in [-0.15, -0.1) is 11.8 Å². The molecule has 144 valence electrons. The minimum atomic E-state index is -4.47. The lowest BCUT2D eigenvalue weighted by Crippen LogP contribution is -2.39. The van der Waals surface area contributed by atoms with Gasteiger partial charge >= 0.3 is 6.18 Å². The maximum atomic E-state index is 13.0. The molecule has 0 saturated heterocycles. The molecule has 0 unspecified atom stereocenters. The number of hydrogen-bond acceptors (Lipinski definition) is 4. The number of carbonyl (C=O) groups is 1. The van der Waals surface area contributed by atoms with Crippen molar-refractivity contribution in [2.75, 3.05) is 25.5 Å². The third-order valence-electron chi connectivity index (χ3n) is 3.81. The zero-order valence-electron chi connectivity index (χ0n) is 14.4. The van der Waals surface area contributed by atoms with E-state index in [0.717, 1.165) is 9.80 Å². The van der Waals surface area contributed by atoms with Crippen molar-refractivity contribution in [1.82, 2.24) is 4.90 Å². The van der Waals surface area contributed by atoms with Gasteiger partial charge in [-0.3, -0.25) is 4.79 Å². The van der Waals surface area contributed by atoms with Gasteiger partial charge in [0, 0.05) is 11.4 Å². The van der Waals surface area contributed by atoms with Gasteiger partial charge in [-0.1, -0.05) is 24.3 Å². The van der Waals surface area contributed by atoms with Crippen LogP contribution < -0.4 is 9.47 Å². The first-order chi connectivity index (χ1) is 12.9. The summed E-state index contributed by atoms with van der Waals surface area (Å²) in [7, 11) is 0. The molecule has 4 nitrogen and oxygen atoms in total. The first kappa shape index (κ1) is 19.4. The summed E-state index contributed by atoms with van der Waals surface area (Å²) in [6, 6.07) is 14.0. The molecule has 0 N–H and O–H groups in total. The second-order valence-corrected chi connectivity index (χ2v) is 6.99. The van der Waals surface area contributed by atoms with Crippen molar-refractivity contribution in [3.8, 4) is 11.5 Å². The average Bonchev–Trinajstić information content (AvgIpc) is 2.65. The summed E-state index contributed by atoms with van der Waals surface area (Å²) in [5, 5.41) is 0. The highest BCUT2D eigenvalue weighted by Crippen LogP contribution is 2.31. The Balaban J connectivity index is 1.69. The molecule has 1 heterocycles. The Morgan fingerprint density at radius 3 is 2.44 bits per heavy atom. The minimum absolute atomic E-state index is 0.0648. The molecule has 0 aliphatic carbocycles. The van der Waals surface area contributed by atoms with E-state index < -0.39 is 18.6 Å². The van der Waals surface area contributed by atoms with Gasteiger partial charge in [0.25, 0.3) is 0 Å². The van der Waals surface area contributed by atoms with Gasteiger partial charge in [0.15, 0.2) is 11.5 Å². The molecule has 1 aliphatic rings. The van der Waals surface area contributed by atoms with Crippen molar-refractivity contribution in [2.24, 2.45) is 0 Å². The summed E-state index contributed by atoms with van der Waals surface area (Å²) in [5.74, 6) is 0.399. The van der Waals surface area contributed by atoms with E-state index in [2.05, 4.69) is 0 Å². The van der Waals surface area contributed by atoms with Crippen LogP contribution in [0.15, 0.2) is 53.4 Å². The van der Waals surface area contributed by atoms with Crippen LogP contribution in [-0.4, -0.2) is 42.5 Å². The Hall–Kier alpha value is -2.35. The standard InChI is InChI=1S/C19H18F3NO3S/c20-19(21,22)13-23(18(24)12-27-15-4-2-1-3-5-15)11-14-6-7-16-17(10-14)26-9-8-25-16/h1-7,10H,8-9,11-13H2. The summed E-state index contributed by atoms with van der Waals surface area (Å²) >= 11 is 1.21. The van der Waals surface area contributed by atoms with Crippen molar-refractivity contribution in [2.45, 2.75) is 17.6 Å². The Morgan fingerprint density at radius 1 is 1.04 bits per heavy atom. The Bertz CT molecular complexity index is 784. The van der Waals surface area contributed by atoms with Crippen LogP contribution in [0, 0.1) is 0 Å². The van der Waals surface area contributed by atoms with E-state index in [1.165, 1.54) is 11.8 Å². The summed E-state index contributed by atoms with van der Waals surface area (Å²) < 4.78 is 49.7. The second-order valence-electron chi connectivity index (χ2n) is 5.94. The topological polar surface area (TPSA) is 38.8 Å². The molecule has 0 bridgehead atoms. The number of thioether (sulfide) groups is 1. The second kappa shape index (κ2) is 8.56. The summed E-state index contributed by atoms with van der Waals surface area (Å²) in [6.45, 7) is -0.628. The zero-order valence-corrected chi connectivity index (χ0v) is 15.2. The van der Waals surface area contributed by atoms with Gasteiger partial charge < -0.3 is 14.4 Å². The lowest BCUT2D eigenvalue weighted by molar-refractivity contribution is -0.160. The van der Waals surface area contributed by atoms with E-state index in [-0.39, 0.29) is 12.3 Å². The highest BCUT2D eigenvalue weighted by molar-refractivity contribution is 8.00. The molecular formula is C19H18F3NO3S. The molecule has 0 fully saturated rings. The fourth-order valence-corrected chi connectivity index (χ4v) is 3.43. The number of ether oxygens (including phenoxy) is 2. The van der Waals surface area contributed by atoms with Gasteiger partial charge in [0.2, 0.25) is 5.91 Å². The van der Waals surface area contributed by atoms with Gasteiger partial charge in [0.05, 0.1) is 5.75 Å². The first-order valence-corrected chi connectivity index (χ1v) is 9.30. The maximum Gasteiger partial charge on any atom is 0.406 e. The van der Waals surface area contributed by atoms with E-state index >= 15 is 0 Å². The van der Waals surface area contributed by atoms with E-state index in [9.17, 15) is 18.0 Å². The maximum absolute atomic E-state index is 13.0. The van der Waals surface area contributed by atoms with E-state index in [0.29, 0.717) is 30.3 Å². The average molecular weight is 397 g/mol. The van der Waals surface area contributed by atoms with Crippen LogP contribution in [0.3, 0.4) is 0 Å². The fourth-order valence-electron chi connectivity index (χ4n) is 2.61. The molecule has 0 saturated carbocycles. The predicted molar refractivity (Wildman–Crippen MR) is 96.1 cm³/mol. The summed E-state index contributed by atoms with van der Waals surface area (Å²) in [6.07, 6.45) is -4.47. The highest BCUT2D eigenvalue weighted by Gasteiger charge is 2.33. The van der Waals surface area contributed by atoms with Crippen LogP contribution in [0.5, 0.6) is 11.5 Å². The fraction of sp³-hybridized carbons (Fsp3) is 0.316. The van der Waals surface area contributed by atoms with Gasteiger partial charge in [-0.25, -0.2) is 0 Å². The van der Waals surface area contributed by atoms with Crippen LogP contribution in [-0.2, 0) is 11.3 Å².